The number of epoxide rings is 1. The number of carbonyl (C=O) groups is 3. The van der Waals surface area contributed by atoms with Crippen LogP contribution in [0.25, 0.3) is 0 Å². The summed E-state index contributed by atoms with van der Waals surface area (Å²) in [6.07, 6.45) is 3.09. The molecule has 11 heteroatoms. The fourth-order valence-corrected chi connectivity index (χ4v) is 6.57. The van der Waals surface area contributed by atoms with Crippen LogP contribution in [0.3, 0.4) is 0 Å². The number of amides is 3. The normalized spacial score (nSPS) is 25.9. The van der Waals surface area contributed by atoms with Crippen molar-refractivity contribution in [3.05, 3.63) is 65.2 Å². The molecule has 1 aliphatic carbocycles. The van der Waals surface area contributed by atoms with Gasteiger partial charge in [0.2, 0.25) is 11.8 Å². The molecule has 252 valence electrons. The molecule has 3 unspecified atom stereocenters. The van der Waals surface area contributed by atoms with E-state index in [4.69, 9.17) is 20.0 Å². The Labute approximate surface area is 276 Å². The highest BCUT2D eigenvalue weighted by Gasteiger charge is 2.72. The Morgan fingerprint density at radius 3 is 2.49 bits per heavy atom. The summed E-state index contributed by atoms with van der Waals surface area (Å²) in [6, 6.07) is 14.4. The predicted octanol–water partition coefficient (Wildman–Crippen LogP) is 2.37. The van der Waals surface area contributed by atoms with Gasteiger partial charge in [0, 0.05) is 37.9 Å². The van der Waals surface area contributed by atoms with Crippen LogP contribution in [0.5, 0.6) is 5.75 Å². The zero-order valence-electron chi connectivity index (χ0n) is 27.2. The first-order valence-electron chi connectivity index (χ1n) is 16.6. The third kappa shape index (κ3) is 8.32. The number of carbonyl (C=O) groups excluding carboxylic acids is 3. The molecular weight excluding hydrogens is 600 g/mol. The standard InChI is InChI=1S/C36H46N4O7/c1-3-4-6-9-24-11-13-26(14-12-24)23-40-31(34(43)38-21-19-25-15-17-27(45-2)18-16-25)30-32(42)33-28(46-33)22-36(30,47-40)35(44)39-20-8-5-7-10-29(37)41/h11-18,28,30-33,42H,3-5,7-8,10,19-23H2,1-2H3,(H2,37,41)(H,38,43)(H,39,44)/t28?,30-,31+,32?,33?,36+/m1/s1. The highest BCUT2D eigenvalue weighted by Crippen LogP contribution is 2.53. The van der Waals surface area contributed by atoms with Crippen molar-refractivity contribution < 1.29 is 33.8 Å². The van der Waals surface area contributed by atoms with E-state index in [9.17, 15) is 19.5 Å². The third-order valence-corrected chi connectivity index (χ3v) is 9.11. The third-order valence-electron chi connectivity index (χ3n) is 9.11. The first-order chi connectivity index (χ1) is 22.8. The zero-order chi connectivity index (χ0) is 33.4. The van der Waals surface area contributed by atoms with Gasteiger partial charge in [0.25, 0.3) is 5.91 Å². The summed E-state index contributed by atoms with van der Waals surface area (Å²) >= 11 is 0. The number of methoxy groups -OCH3 is 1. The molecular formula is C36H46N4O7. The Balaban J connectivity index is 1.34. The van der Waals surface area contributed by atoms with Crippen molar-refractivity contribution in [1.29, 1.82) is 0 Å². The molecule has 1 saturated carbocycles. The lowest BCUT2D eigenvalue weighted by atomic mass is 9.70. The molecule has 0 radical (unpaired) electrons. The van der Waals surface area contributed by atoms with Crippen molar-refractivity contribution in [3.8, 4) is 17.6 Å². The topological polar surface area (TPSA) is 156 Å². The number of hydrogen-bond donors (Lipinski definition) is 4. The number of fused-ring (bicyclic) bond motifs is 2. The van der Waals surface area contributed by atoms with Crippen molar-refractivity contribution in [1.82, 2.24) is 15.7 Å². The number of nitrogens with two attached hydrogens (primary N) is 1. The van der Waals surface area contributed by atoms with Gasteiger partial charge >= 0.3 is 0 Å². The molecule has 3 aliphatic rings. The average Bonchev–Trinajstić information content (AvgIpc) is 3.76. The van der Waals surface area contributed by atoms with Crippen LogP contribution in [0.4, 0.5) is 0 Å². The van der Waals surface area contributed by atoms with Crippen LogP contribution in [-0.4, -0.2) is 78.0 Å². The first kappa shape index (κ1) is 34.4. The minimum Gasteiger partial charge on any atom is -0.497 e. The number of aliphatic hydroxyl groups is 1. The maximum Gasteiger partial charge on any atom is 0.254 e. The number of primary amides is 1. The van der Waals surface area contributed by atoms with Crippen molar-refractivity contribution in [3.63, 3.8) is 0 Å². The van der Waals surface area contributed by atoms with Gasteiger partial charge in [-0.15, -0.1) is 0 Å². The van der Waals surface area contributed by atoms with Gasteiger partial charge in [0.1, 0.15) is 17.9 Å². The zero-order valence-corrected chi connectivity index (χ0v) is 27.2. The molecule has 0 spiro atoms. The number of unbranched alkanes of at least 4 members (excludes halogenated alkanes) is 3. The lowest BCUT2D eigenvalue weighted by molar-refractivity contribution is -0.219. The second-order valence-electron chi connectivity index (χ2n) is 12.5. The highest BCUT2D eigenvalue weighted by atomic mass is 16.7. The Morgan fingerprint density at radius 2 is 1.79 bits per heavy atom. The predicted molar refractivity (Wildman–Crippen MR) is 175 cm³/mol. The van der Waals surface area contributed by atoms with E-state index < -0.39 is 29.8 Å². The maximum atomic E-state index is 14.0. The molecule has 2 heterocycles. The van der Waals surface area contributed by atoms with Gasteiger partial charge in [-0.3, -0.25) is 19.2 Å². The summed E-state index contributed by atoms with van der Waals surface area (Å²) in [6.45, 7) is 3.03. The monoisotopic (exact) mass is 646 g/mol. The highest BCUT2D eigenvalue weighted by molar-refractivity contribution is 5.90. The minimum absolute atomic E-state index is 0.223. The van der Waals surface area contributed by atoms with Crippen LogP contribution in [0.15, 0.2) is 48.5 Å². The van der Waals surface area contributed by atoms with Crippen LogP contribution in [0, 0.1) is 17.8 Å². The van der Waals surface area contributed by atoms with Gasteiger partial charge in [-0.2, -0.15) is 5.06 Å². The van der Waals surface area contributed by atoms with E-state index in [-0.39, 0.29) is 36.8 Å². The number of benzene rings is 2. The number of nitrogens with one attached hydrogen (secondary N) is 2. The van der Waals surface area contributed by atoms with Gasteiger partial charge in [0.15, 0.2) is 5.60 Å². The molecule has 5 N–H and O–H groups in total. The quantitative estimate of drug-likeness (QED) is 0.131. The van der Waals surface area contributed by atoms with E-state index in [0.29, 0.717) is 38.8 Å². The number of ether oxygens (including phenoxy) is 2. The Kier molecular flexibility index (Phi) is 11.5. The van der Waals surface area contributed by atoms with Gasteiger partial charge < -0.3 is 30.9 Å². The van der Waals surface area contributed by atoms with E-state index in [2.05, 4.69) is 29.4 Å². The van der Waals surface area contributed by atoms with E-state index >= 15 is 0 Å². The molecule has 2 aromatic rings. The molecule has 2 saturated heterocycles. The lowest BCUT2D eigenvalue weighted by Gasteiger charge is -2.37. The molecule has 0 aromatic heterocycles. The Hall–Kier alpha value is -3.95. The molecule has 0 bridgehead atoms. The van der Waals surface area contributed by atoms with E-state index in [1.54, 1.807) is 12.2 Å². The van der Waals surface area contributed by atoms with Crippen molar-refractivity contribution in [2.24, 2.45) is 11.7 Å². The smallest absolute Gasteiger partial charge is 0.254 e. The van der Waals surface area contributed by atoms with Crippen molar-refractivity contribution in [2.75, 3.05) is 20.2 Å². The minimum atomic E-state index is -1.49. The van der Waals surface area contributed by atoms with E-state index in [1.165, 1.54) is 0 Å². The molecule has 3 fully saturated rings. The summed E-state index contributed by atoms with van der Waals surface area (Å²) in [5, 5.41) is 19.1. The summed E-state index contributed by atoms with van der Waals surface area (Å²) in [5.74, 6) is 5.15. The van der Waals surface area contributed by atoms with Crippen LogP contribution >= 0.6 is 0 Å². The largest absolute Gasteiger partial charge is 0.497 e. The maximum absolute atomic E-state index is 14.0. The summed E-state index contributed by atoms with van der Waals surface area (Å²) in [4.78, 5) is 45.6. The van der Waals surface area contributed by atoms with E-state index in [0.717, 1.165) is 41.7 Å². The van der Waals surface area contributed by atoms with Crippen LogP contribution in [-0.2, 0) is 36.9 Å². The number of hydroxylamine groups is 2. The van der Waals surface area contributed by atoms with Crippen molar-refractivity contribution >= 4 is 17.7 Å². The molecule has 11 nitrogen and oxygen atoms in total. The molecule has 6 atom stereocenters. The summed E-state index contributed by atoms with van der Waals surface area (Å²) in [5.41, 5.74) is 6.55. The Morgan fingerprint density at radius 1 is 1.04 bits per heavy atom. The van der Waals surface area contributed by atoms with Gasteiger partial charge in [-0.1, -0.05) is 49.5 Å². The Bertz CT molecular complexity index is 1450. The fourth-order valence-electron chi connectivity index (χ4n) is 6.57. The first-order valence-corrected chi connectivity index (χ1v) is 16.6. The second kappa shape index (κ2) is 15.8. The molecule has 2 aliphatic heterocycles. The number of aliphatic hydroxyl groups excluding tert-OH is 1. The molecule has 2 aromatic carbocycles. The fraction of sp³-hybridized carbons (Fsp3) is 0.528. The van der Waals surface area contributed by atoms with Crippen LogP contribution < -0.4 is 21.1 Å². The van der Waals surface area contributed by atoms with Gasteiger partial charge in [-0.05, 0) is 61.1 Å². The van der Waals surface area contributed by atoms with Crippen LogP contribution in [0.1, 0.15) is 68.6 Å². The summed E-state index contributed by atoms with van der Waals surface area (Å²) in [7, 11) is 1.61. The van der Waals surface area contributed by atoms with Crippen LogP contribution in [0.2, 0.25) is 0 Å². The molecule has 3 amide bonds. The SMILES string of the molecule is CCCC#Cc1ccc(CN2O[C@@]3(C(=O)NCCCCCC(N)=O)CC4OC4C(O)[C@H]3[C@H]2C(=O)NCCc2ccc(OC)cc2)cc1. The summed E-state index contributed by atoms with van der Waals surface area (Å²) < 4.78 is 11.0. The van der Waals surface area contributed by atoms with E-state index in [1.807, 2.05) is 48.5 Å². The number of nitrogens with zero attached hydrogens (tertiary/aromatic N) is 1. The number of hydrogen-bond acceptors (Lipinski definition) is 8. The second-order valence-corrected chi connectivity index (χ2v) is 12.5. The molecule has 5 rings (SSSR count). The van der Waals surface area contributed by atoms with Gasteiger partial charge in [-0.25, -0.2) is 0 Å². The average molecular weight is 647 g/mol. The molecule has 47 heavy (non-hydrogen) atoms. The van der Waals surface area contributed by atoms with Gasteiger partial charge in [0.05, 0.1) is 31.8 Å². The number of rotatable bonds is 15. The lowest BCUT2D eigenvalue weighted by Crippen LogP contribution is -2.61. The van der Waals surface area contributed by atoms with Crippen molar-refractivity contribution in [2.45, 2.75) is 94.8 Å².